The van der Waals surface area contributed by atoms with Crippen molar-refractivity contribution in [2.75, 3.05) is 79.3 Å². The Balaban J connectivity index is 1.45. The van der Waals surface area contributed by atoms with Crippen molar-refractivity contribution in [1.82, 2.24) is 0 Å². The average molecular weight is 427 g/mol. The molecule has 170 valence electrons. The minimum absolute atomic E-state index is 0.143. The smallest absolute Gasteiger partial charge is 0.107 e. The molecule has 8 heteroatoms. The lowest BCUT2D eigenvalue weighted by molar-refractivity contribution is -0.0640. The summed E-state index contributed by atoms with van der Waals surface area (Å²) in [7, 11) is 0. The average Bonchev–Trinajstić information content (AvgIpc) is 3.66. The van der Waals surface area contributed by atoms with Crippen molar-refractivity contribution in [1.29, 1.82) is 0 Å². The molecule has 0 N–H and O–H groups in total. The maximum absolute atomic E-state index is 5.75. The largest absolute Gasteiger partial charge is 0.379 e. The molecule has 4 unspecified atom stereocenters. The van der Waals surface area contributed by atoms with Gasteiger partial charge in [-0.25, -0.2) is 0 Å². The number of ether oxygens (including phenoxy) is 8. The summed E-state index contributed by atoms with van der Waals surface area (Å²) in [5.41, 5.74) is 0. The van der Waals surface area contributed by atoms with Crippen molar-refractivity contribution in [3.05, 3.63) is 0 Å². The van der Waals surface area contributed by atoms with Crippen molar-refractivity contribution in [2.45, 2.75) is 37.3 Å². The molecule has 0 aromatic rings. The van der Waals surface area contributed by atoms with Crippen LogP contribution >= 0.6 is 0 Å². The summed E-state index contributed by atoms with van der Waals surface area (Å²) in [6.07, 6.45) is 12.3. The van der Waals surface area contributed by atoms with Crippen LogP contribution in [-0.2, 0) is 37.9 Å². The number of hydrogen-bond donors (Lipinski definition) is 0. The van der Waals surface area contributed by atoms with E-state index in [1.807, 2.05) is 0 Å². The fourth-order valence-electron chi connectivity index (χ4n) is 2.44. The van der Waals surface area contributed by atoms with Gasteiger partial charge in [-0.1, -0.05) is 11.8 Å². The highest BCUT2D eigenvalue weighted by molar-refractivity contribution is 4.83. The van der Waals surface area contributed by atoms with Crippen LogP contribution in [0.3, 0.4) is 0 Å². The summed E-state index contributed by atoms with van der Waals surface area (Å²) in [5, 5.41) is 0. The van der Waals surface area contributed by atoms with Crippen molar-refractivity contribution in [3.8, 4) is 24.7 Å². The van der Waals surface area contributed by atoms with Gasteiger partial charge >= 0.3 is 0 Å². The maximum atomic E-state index is 5.75. The monoisotopic (exact) mass is 426 g/mol. The zero-order valence-electron chi connectivity index (χ0n) is 17.6. The van der Waals surface area contributed by atoms with E-state index in [-0.39, 0.29) is 37.6 Å². The Morgan fingerprint density at radius 3 is 1.47 bits per heavy atom. The Hall–Kier alpha value is -1.20. The molecule has 0 bridgehead atoms. The molecule has 2 fully saturated rings. The molecule has 2 aliphatic rings. The molecule has 2 heterocycles. The van der Waals surface area contributed by atoms with Gasteiger partial charge in [-0.15, -0.1) is 12.8 Å². The summed E-state index contributed by atoms with van der Waals surface area (Å²) < 4.78 is 44.0. The van der Waals surface area contributed by atoms with E-state index in [1.54, 1.807) is 0 Å². The van der Waals surface area contributed by atoms with Gasteiger partial charge in [-0.3, -0.25) is 0 Å². The van der Waals surface area contributed by atoms with Crippen LogP contribution in [0.4, 0.5) is 0 Å². The van der Waals surface area contributed by atoms with Gasteiger partial charge in [0.25, 0.3) is 0 Å². The lowest BCUT2D eigenvalue weighted by Gasteiger charge is -2.18. The Bertz CT molecular complexity index is 460. The summed E-state index contributed by atoms with van der Waals surface area (Å²) in [6, 6.07) is 0. The maximum Gasteiger partial charge on any atom is 0.107 e. The number of unbranched alkanes of at least 4 members (excludes halogenated alkanes) is 1. The quantitative estimate of drug-likeness (QED) is 0.151. The second kappa shape index (κ2) is 16.5. The fraction of sp³-hybridized carbons (Fsp3) is 0.818. The lowest BCUT2D eigenvalue weighted by atomic mass is 10.3. The summed E-state index contributed by atoms with van der Waals surface area (Å²) in [4.78, 5) is 0. The predicted octanol–water partition coefficient (Wildman–Crippen LogP) is 0.667. The molecular formula is C22H34O8. The van der Waals surface area contributed by atoms with E-state index in [9.17, 15) is 0 Å². The molecule has 0 amide bonds. The molecule has 8 nitrogen and oxygen atoms in total. The third kappa shape index (κ3) is 13.9. The number of terminal acetylenes is 2. The lowest BCUT2D eigenvalue weighted by Crippen LogP contribution is -2.28. The van der Waals surface area contributed by atoms with Crippen molar-refractivity contribution >= 4 is 0 Å². The van der Waals surface area contributed by atoms with E-state index >= 15 is 0 Å². The molecule has 0 aliphatic carbocycles. The second-order valence-corrected chi connectivity index (χ2v) is 7.12. The Morgan fingerprint density at radius 1 is 0.700 bits per heavy atom. The van der Waals surface area contributed by atoms with E-state index in [0.717, 1.165) is 26.1 Å². The molecule has 4 atom stereocenters. The van der Waals surface area contributed by atoms with E-state index < -0.39 is 0 Å². The van der Waals surface area contributed by atoms with Crippen LogP contribution in [0.2, 0.25) is 0 Å². The van der Waals surface area contributed by atoms with Crippen LogP contribution in [-0.4, -0.2) is 104 Å². The third-order valence-corrected chi connectivity index (χ3v) is 4.25. The fourth-order valence-corrected chi connectivity index (χ4v) is 2.44. The van der Waals surface area contributed by atoms with Crippen LogP contribution in [0, 0.1) is 24.7 Å². The molecule has 2 aliphatic heterocycles. The van der Waals surface area contributed by atoms with Gasteiger partial charge < -0.3 is 37.9 Å². The minimum Gasteiger partial charge on any atom is -0.379 e. The topological polar surface area (TPSA) is 80.4 Å². The van der Waals surface area contributed by atoms with Crippen molar-refractivity contribution in [2.24, 2.45) is 0 Å². The van der Waals surface area contributed by atoms with Crippen LogP contribution in [0.5, 0.6) is 0 Å². The van der Waals surface area contributed by atoms with Gasteiger partial charge in [0.05, 0.1) is 52.9 Å². The van der Waals surface area contributed by atoms with Crippen molar-refractivity contribution < 1.29 is 37.9 Å². The second-order valence-electron chi connectivity index (χ2n) is 7.12. The molecule has 0 saturated carbocycles. The van der Waals surface area contributed by atoms with E-state index in [2.05, 4.69) is 11.8 Å². The normalized spacial score (nSPS) is 21.5. The molecular weight excluding hydrogens is 392 g/mol. The summed E-state index contributed by atoms with van der Waals surface area (Å²) >= 11 is 0. The van der Waals surface area contributed by atoms with Crippen molar-refractivity contribution in [3.63, 3.8) is 0 Å². The Labute approximate surface area is 179 Å². The van der Waals surface area contributed by atoms with Crippen LogP contribution in [0.25, 0.3) is 0 Å². The van der Waals surface area contributed by atoms with Gasteiger partial charge in [-0.2, -0.15) is 0 Å². The standard InChI is InChI=1S/C22H34O8/c1-3-7-23-11-19(27-15-21-17-29-21)13-25-9-5-6-10-26-14-20(12-24-8-4-2)28-16-22-18-30-22/h1-2,19-22H,5-18H2. The first-order valence-electron chi connectivity index (χ1n) is 10.5. The summed E-state index contributed by atoms with van der Waals surface area (Å²) in [6.45, 7) is 6.17. The van der Waals surface area contributed by atoms with Gasteiger partial charge in [0.1, 0.15) is 37.6 Å². The van der Waals surface area contributed by atoms with Crippen LogP contribution in [0.1, 0.15) is 12.8 Å². The molecule has 0 radical (unpaired) electrons. The Kier molecular flexibility index (Phi) is 13.8. The first-order valence-corrected chi connectivity index (χ1v) is 10.5. The summed E-state index contributed by atoms with van der Waals surface area (Å²) in [5.74, 6) is 4.89. The highest BCUT2D eigenvalue weighted by Crippen LogP contribution is 2.11. The SMILES string of the molecule is C#CCOCC(COCCCCOCC(COCC#C)OCC1CO1)OCC1CO1. The zero-order chi connectivity index (χ0) is 21.3. The van der Waals surface area contributed by atoms with Crippen LogP contribution in [0.15, 0.2) is 0 Å². The molecule has 30 heavy (non-hydrogen) atoms. The van der Waals surface area contributed by atoms with E-state index in [0.29, 0.717) is 52.9 Å². The molecule has 0 aromatic carbocycles. The first kappa shape index (κ1) is 25.1. The predicted molar refractivity (Wildman–Crippen MR) is 109 cm³/mol. The Morgan fingerprint density at radius 2 is 1.10 bits per heavy atom. The highest BCUT2D eigenvalue weighted by atomic mass is 16.6. The molecule has 0 aromatic heterocycles. The number of rotatable bonds is 21. The molecule has 2 rings (SSSR count). The van der Waals surface area contributed by atoms with E-state index in [4.69, 9.17) is 50.7 Å². The van der Waals surface area contributed by atoms with E-state index in [1.165, 1.54) is 0 Å². The van der Waals surface area contributed by atoms with Gasteiger partial charge in [0.2, 0.25) is 0 Å². The highest BCUT2D eigenvalue weighted by Gasteiger charge is 2.25. The number of epoxide rings is 2. The van der Waals surface area contributed by atoms with Gasteiger partial charge in [0, 0.05) is 13.2 Å². The number of hydrogen-bond acceptors (Lipinski definition) is 8. The van der Waals surface area contributed by atoms with Crippen LogP contribution < -0.4 is 0 Å². The van der Waals surface area contributed by atoms with Gasteiger partial charge in [0.15, 0.2) is 0 Å². The zero-order valence-corrected chi connectivity index (χ0v) is 17.6. The first-order chi connectivity index (χ1) is 14.8. The third-order valence-electron chi connectivity index (χ3n) is 4.25. The molecule has 0 spiro atoms. The van der Waals surface area contributed by atoms with Gasteiger partial charge in [-0.05, 0) is 12.8 Å². The molecule has 2 saturated heterocycles. The minimum atomic E-state index is -0.143.